The molecule has 0 amide bonds. The summed E-state index contributed by atoms with van der Waals surface area (Å²) in [6.07, 6.45) is 3.75. The highest BCUT2D eigenvalue weighted by Gasteiger charge is 2.15. The van der Waals surface area contributed by atoms with Crippen molar-refractivity contribution >= 4 is 23.2 Å². The third-order valence-electron chi connectivity index (χ3n) is 3.45. The van der Waals surface area contributed by atoms with Gasteiger partial charge in [0.25, 0.3) is 0 Å². The number of nitrogens with zero attached hydrogens (tertiary/aromatic N) is 1. The van der Waals surface area contributed by atoms with E-state index in [-0.39, 0.29) is 6.04 Å². The molecule has 0 aliphatic rings. The Morgan fingerprint density at radius 1 is 1.14 bits per heavy atom. The second-order valence-electron chi connectivity index (χ2n) is 5.14. The minimum Gasteiger partial charge on any atom is -0.310 e. The van der Waals surface area contributed by atoms with E-state index in [1.165, 1.54) is 0 Å². The van der Waals surface area contributed by atoms with Gasteiger partial charge < -0.3 is 5.32 Å². The number of halogens is 2. The molecule has 1 aromatic heterocycles. The number of hydrogen-bond acceptors (Lipinski definition) is 2. The number of benzene rings is 1. The lowest BCUT2D eigenvalue weighted by Crippen LogP contribution is -2.24. The van der Waals surface area contributed by atoms with E-state index in [4.69, 9.17) is 23.2 Å². The number of hydrogen-bond donors (Lipinski definition) is 1. The highest BCUT2D eigenvalue weighted by atomic mass is 35.5. The fourth-order valence-corrected chi connectivity index (χ4v) is 2.80. The van der Waals surface area contributed by atoms with E-state index in [0.717, 1.165) is 36.2 Å². The maximum Gasteiger partial charge on any atom is 0.0453 e. The van der Waals surface area contributed by atoms with Crippen LogP contribution >= 0.6 is 23.2 Å². The molecule has 1 atom stereocenters. The number of pyridine rings is 1. The molecule has 2 aromatic rings. The summed E-state index contributed by atoms with van der Waals surface area (Å²) >= 11 is 12.6. The summed E-state index contributed by atoms with van der Waals surface area (Å²) in [7, 11) is 0. The van der Waals surface area contributed by atoms with Crippen LogP contribution in [0.4, 0.5) is 0 Å². The van der Waals surface area contributed by atoms with Crippen molar-refractivity contribution in [1.29, 1.82) is 0 Å². The van der Waals surface area contributed by atoms with Crippen LogP contribution in [0.25, 0.3) is 0 Å². The number of aryl methyl sites for hydroxylation is 1. The first-order valence-corrected chi connectivity index (χ1v) is 7.96. The maximum atomic E-state index is 6.29. The fraction of sp³-hybridized carbons (Fsp3) is 0.353. The molecule has 112 valence electrons. The summed E-state index contributed by atoms with van der Waals surface area (Å²) < 4.78 is 0. The third kappa shape index (κ3) is 4.44. The molecule has 21 heavy (non-hydrogen) atoms. The number of rotatable bonds is 6. The SMILES string of the molecule is CCCNC(Cc1c(Cl)cccc1Cl)c1ccc(C)nc1. The van der Waals surface area contributed by atoms with E-state index in [9.17, 15) is 0 Å². The van der Waals surface area contributed by atoms with Crippen LogP contribution in [0, 0.1) is 6.92 Å². The van der Waals surface area contributed by atoms with Gasteiger partial charge in [0.05, 0.1) is 0 Å². The van der Waals surface area contributed by atoms with Gasteiger partial charge in [-0.15, -0.1) is 0 Å². The Bertz CT molecular complexity index is 562. The highest BCUT2D eigenvalue weighted by Crippen LogP contribution is 2.29. The smallest absolute Gasteiger partial charge is 0.0453 e. The molecule has 0 radical (unpaired) electrons. The van der Waals surface area contributed by atoms with Gasteiger partial charge >= 0.3 is 0 Å². The Balaban J connectivity index is 2.26. The zero-order valence-electron chi connectivity index (χ0n) is 12.4. The summed E-state index contributed by atoms with van der Waals surface area (Å²) in [6.45, 7) is 5.09. The van der Waals surface area contributed by atoms with Crippen molar-refractivity contribution in [2.24, 2.45) is 0 Å². The monoisotopic (exact) mass is 322 g/mol. The predicted molar refractivity (Wildman–Crippen MR) is 90.2 cm³/mol. The van der Waals surface area contributed by atoms with Gasteiger partial charge in [-0.3, -0.25) is 4.98 Å². The van der Waals surface area contributed by atoms with Crippen molar-refractivity contribution in [2.45, 2.75) is 32.7 Å². The van der Waals surface area contributed by atoms with Crippen LogP contribution in [0.5, 0.6) is 0 Å². The molecule has 1 aromatic carbocycles. The van der Waals surface area contributed by atoms with E-state index in [0.29, 0.717) is 10.0 Å². The molecule has 0 saturated carbocycles. The normalized spacial score (nSPS) is 12.4. The van der Waals surface area contributed by atoms with Crippen molar-refractivity contribution in [3.05, 3.63) is 63.4 Å². The minimum atomic E-state index is 0.162. The molecule has 2 rings (SSSR count). The fourth-order valence-electron chi connectivity index (χ4n) is 2.24. The minimum absolute atomic E-state index is 0.162. The molecular formula is C17H20Cl2N2. The second-order valence-corrected chi connectivity index (χ2v) is 5.96. The van der Waals surface area contributed by atoms with Gasteiger partial charge in [-0.05, 0) is 55.6 Å². The van der Waals surface area contributed by atoms with Crippen LogP contribution in [-0.4, -0.2) is 11.5 Å². The summed E-state index contributed by atoms with van der Waals surface area (Å²) in [5.74, 6) is 0. The topological polar surface area (TPSA) is 24.9 Å². The van der Waals surface area contributed by atoms with Gasteiger partial charge in [0.1, 0.15) is 0 Å². The Hall–Kier alpha value is -1.09. The first-order valence-electron chi connectivity index (χ1n) is 7.20. The molecule has 4 heteroatoms. The highest BCUT2D eigenvalue weighted by molar-refractivity contribution is 6.36. The van der Waals surface area contributed by atoms with Gasteiger partial charge in [-0.1, -0.05) is 42.3 Å². The Labute approximate surface area is 136 Å². The van der Waals surface area contributed by atoms with Crippen LogP contribution in [0.3, 0.4) is 0 Å². The second kappa shape index (κ2) is 7.79. The summed E-state index contributed by atoms with van der Waals surface area (Å²) in [4.78, 5) is 4.39. The molecule has 0 aliphatic carbocycles. The van der Waals surface area contributed by atoms with Crippen molar-refractivity contribution < 1.29 is 0 Å². The maximum absolute atomic E-state index is 6.29. The quantitative estimate of drug-likeness (QED) is 0.811. The van der Waals surface area contributed by atoms with Crippen molar-refractivity contribution in [3.8, 4) is 0 Å². The molecule has 0 bridgehead atoms. The molecule has 0 aliphatic heterocycles. The standard InChI is InChI=1S/C17H20Cl2N2/c1-3-9-20-17(13-8-7-12(2)21-11-13)10-14-15(18)5-4-6-16(14)19/h4-8,11,17,20H,3,9-10H2,1-2H3. The van der Waals surface area contributed by atoms with Gasteiger partial charge in [0.15, 0.2) is 0 Å². The van der Waals surface area contributed by atoms with Crippen LogP contribution in [0.1, 0.15) is 36.2 Å². The van der Waals surface area contributed by atoms with Gasteiger partial charge in [-0.2, -0.15) is 0 Å². The molecule has 0 spiro atoms. The van der Waals surface area contributed by atoms with E-state index in [2.05, 4.69) is 23.3 Å². The lowest BCUT2D eigenvalue weighted by atomic mass is 9.99. The van der Waals surface area contributed by atoms with Crippen molar-refractivity contribution in [1.82, 2.24) is 10.3 Å². The summed E-state index contributed by atoms with van der Waals surface area (Å²) in [5.41, 5.74) is 3.16. The third-order valence-corrected chi connectivity index (χ3v) is 4.16. The van der Waals surface area contributed by atoms with E-state index in [1.54, 1.807) is 0 Å². The summed E-state index contributed by atoms with van der Waals surface area (Å²) in [5, 5.41) is 4.98. The van der Waals surface area contributed by atoms with Crippen LogP contribution in [0.2, 0.25) is 10.0 Å². The zero-order chi connectivity index (χ0) is 15.2. The first kappa shape index (κ1) is 16.3. The Morgan fingerprint density at radius 3 is 2.43 bits per heavy atom. The molecule has 1 unspecified atom stereocenters. The number of aromatic nitrogens is 1. The average molecular weight is 323 g/mol. The van der Waals surface area contributed by atoms with Gasteiger partial charge in [0.2, 0.25) is 0 Å². The van der Waals surface area contributed by atoms with Gasteiger partial charge in [-0.25, -0.2) is 0 Å². The molecule has 0 fully saturated rings. The lowest BCUT2D eigenvalue weighted by Gasteiger charge is -2.20. The van der Waals surface area contributed by atoms with Crippen LogP contribution in [0.15, 0.2) is 36.5 Å². The average Bonchev–Trinajstić information content (AvgIpc) is 2.47. The van der Waals surface area contributed by atoms with E-state index < -0.39 is 0 Å². The first-order chi connectivity index (χ1) is 10.1. The number of nitrogens with one attached hydrogen (secondary N) is 1. The van der Waals surface area contributed by atoms with Crippen LogP contribution < -0.4 is 5.32 Å². The van der Waals surface area contributed by atoms with Gasteiger partial charge in [0, 0.05) is 28.0 Å². The van der Waals surface area contributed by atoms with E-state index >= 15 is 0 Å². The predicted octanol–water partition coefficient (Wildman–Crippen LogP) is 4.98. The molecule has 2 nitrogen and oxygen atoms in total. The Kier molecular flexibility index (Phi) is 6.04. The largest absolute Gasteiger partial charge is 0.310 e. The van der Waals surface area contributed by atoms with Crippen LogP contribution in [-0.2, 0) is 6.42 Å². The molecule has 0 saturated heterocycles. The molecular weight excluding hydrogens is 303 g/mol. The lowest BCUT2D eigenvalue weighted by molar-refractivity contribution is 0.528. The Morgan fingerprint density at radius 2 is 1.86 bits per heavy atom. The summed E-state index contributed by atoms with van der Waals surface area (Å²) in [6, 6.07) is 9.94. The van der Waals surface area contributed by atoms with Crippen molar-refractivity contribution in [3.63, 3.8) is 0 Å². The zero-order valence-corrected chi connectivity index (χ0v) is 13.9. The van der Waals surface area contributed by atoms with E-state index in [1.807, 2.05) is 37.4 Å². The molecule has 1 N–H and O–H groups in total. The van der Waals surface area contributed by atoms with Crippen molar-refractivity contribution in [2.75, 3.05) is 6.54 Å². The molecule has 1 heterocycles.